The molecule has 0 aliphatic carbocycles. The molecular formula is C10H15ClN2OS. The summed E-state index contributed by atoms with van der Waals surface area (Å²) in [5, 5.41) is 3.57. The van der Waals surface area contributed by atoms with Crippen LogP contribution in [0.1, 0.15) is 20.3 Å². The van der Waals surface area contributed by atoms with Crippen LogP contribution in [0.4, 0.5) is 5.00 Å². The Hall–Kier alpha value is -0.580. The van der Waals surface area contributed by atoms with E-state index in [1.54, 1.807) is 12.1 Å². The average molecular weight is 247 g/mol. The van der Waals surface area contributed by atoms with Crippen molar-refractivity contribution in [3.8, 4) is 0 Å². The number of nitrogens with one attached hydrogen (secondary N) is 1. The minimum Gasteiger partial charge on any atom is -0.330 e. The fraction of sp³-hybridized carbons (Fsp3) is 0.500. The van der Waals surface area contributed by atoms with E-state index in [2.05, 4.69) is 5.32 Å². The second kappa shape index (κ2) is 4.96. The minimum atomic E-state index is -0.162. The van der Waals surface area contributed by atoms with E-state index in [1.165, 1.54) is 11.3 Å². The molecule has 15 heavy (non-hydrogen) atoms. The number of rotatable bonds is 4. The molecule has 0 aromatic carbocycles. The molecule has 0 saturated carbocycles. The maximum atomic E-state index is 11.6. The van der Waals surface area contributed by atoms with Crippen LogP contribution in [0.5, 0.6) is 0 Å². The van der Waals surface area contributed by atoms with Crippen molar-refractivity contribution in [1.29, 1.82) is 0 Å². The van der Waals surface area contributed by atoms with Crippen LogP contribution in [0.15, 0.2) is 12.1 Å². The van der Waals surface area contributed by atoms with Crippen LogP contribution >= 0.6 is 22.9 Å². The normalized spacial score (nSPS) is 11.5. The number of anilines is 1. The van der Waals surface area contributed by atoms with Gasteiger partial charge in [-0.2, -0.15) is 0 Å². The first-order chi connectivity index (χ1) is 6.93. The summed E-state index contributed by atoms with van der Waals surface area (Å²) < 4.78 is 0.670. The fourth-order valence-corrected chi connectivity index (χ4v) is 2.03. The largest absolute Gasteiger partial charge is 0.330 e. The topological polar surface area (TPSA) is 55.1 Å². The maximum absolute atomic E-state index is 11.6. The first-order valence-electron chi connectivity index (χ1n) is 4.68. The molecule has 0 atom stereocenters. The van der Waals surface area contributed by atoms with E-state index in [4.69, 9.17) is 17.3 Å². The first-order valence-corrected chi connectivity index (χ1v) is 5.88. The number of hydrogen-bond donors (Lipinski definition) is 2. The van der Waals surface area contributed by atoms with Crippen molar-refractivity contribution in [2.45, 2.75) is 20.3 Å². The number of carbonyl (C=O) groups is 1. The molecule has 3 nitrogen and oxygen atoms in total. The van der Waals surface area contributed by atoms with Crippen molar-refractivity contribution >= 4 is 33.8 Å². The monoisotopic (exact) mass is 246 g/mol. The van der Waals surface area contributed by atoms with Gasteiger partial charge in [-0.15, -0.1) is 11.3 Å². The highest BCUT2D eigenvalue weighted by molar-refractivity contribution is 7.20. The zero-order valence-corrected chi connectivity index (χ0v) is 10.4. The van der Waals surface area contributed by atoms with Crippen molar-refractivity contribution in [2.24, 2.45) is 11.1 Å². The van der Waals surface area contributed by atoms with Crippen molar-refractivity contribution in [3.05, 3.63) is 16.5 Å². The molecule has 0 saturated heterocycles. The maximum Gasteiger partial charge on any atom is 0.225 e. The number of nitrogens with two attached hydrogens (primary N) is 1. The van der Waals surface area contributed by atoms with Crippen LogP contribution < -0.4 is 11.1 Å². The van der Waals surface area contributed by atoms with E-state index in [9.17, 15) is 4.79 Å². The number of amides is 1. The van der Waals surface area contributed by atoms with E-state index in [1.807, 2.05) is 13.8 Å². The Kier molecular flexibility index (Phi) is 4.13. The molecule has 3 N–H and O–H groups in total. The molecular weight excluding hydrogens is 232 g/mol. The molecule has 0 radical (unpaired) electrons. The number of carbonyl (C=O) groups excluding carboxylic acids is 1. The molecule has 0 bridgehead atoms. The smallest absolute Gasteiger partial charge is 0.225 e. The summed E-state index contributed by atoms with van der Waals surface area (Å²) in [6, 6.07) is 3.55. The minimum absolute atomic E-state index is 0.0241. The lowest BCUT2D eigenvalue weighted by Gasteiger charge is -2.20. The van der Waals surface area contributed by atoms with Gasteiger partial charge in [0.2, 0.25) is 5.91 Å². The molecule has 1 aromatic heterocycles. The van der Waals surface area contributed by atoms with Gasteiger partial charge in [0.25, 0.3) is 0 Å². The van der Waals surface area contributed by atoms with Gasteiger partial charge in [0, 0.05) is 6.42 Å². The highest BCUT2D eigenvalue weighted by atomic mass is 35.5. The van der Waals surface area contributed by atoms with Crippen molar-refractivity contribution in [1.82, 2.24) is 0 Å². The van der Waals surface area contributed by atoms with Gasteiger partial charge in [0.05, 0.1) is 9.34 Å². The SMILES string of the molecule is CC(C)(CN)CC(=O)Nc1ccc(Cl)s1. The van der Waals surface area contributed by atoms with Crippen LogP contribution in [0.3, 0.4) is 0 Å². The van der Waals surface area contributed by atoms with Gasteiger partial charge in [-0.05, 0) is 24.1 Å². The molecule has 84 valence electrons. The quantitative estimate of drug-likeness (QED) is 0.858. The molecule has 0 fully saturated rings. The van der Waals surface area contributed by atoms with Gasteiger partial charge in [-0.1, -0.05) is 25.4 Å². The number of halogens is 1. The third kappa shape index (κ3) is 4.20. The van der Waals surface area contributed by atoms with Crippen LogP contribution in [-0.4, -0.2) is 12.5 Å². The van der Waals surface area contributed by atoms with Gasteiger partial charge >= 0.3 is 0 Å². The number of hydrogen-bond acceptors (Lipinski definition) is 3. The van der Waals surface area contributed by atoms with E-state index in [0.29, 0.717) is 17.3 Å². The van der Waals surface area contributed by atoms with Crippen molar-refractivity contribution < 1.29 is 4.79 Å². The predicted molar refractivity (Wildman–Crippen MR) is 65.4 cm³/mol. The molecule has 5 heteroatoms. The van der Waals surface area contributed by atoms with Crippen molar-refractivity contribution in [2.75, 3.05) is 11.9 Å². The summed E-state index contributed by atoms with van der Waals surface area (Å²) in [5.41, 5.74) is 5.39. The Bertz CT molecular complexity index is 349. The Morgan fingerprint density at radius 2 is 2.27 bits per heavy atom. The average Bonchev–Trinajstić information content (AvgIpc) is 2.50. The molecule has 0 aliphatic heterocycles. The fourth-order valence-electron chi connectivity index (χ4n) is 1.07. The lowest BCUT2D eigenvalue weighted by Crippen LogP contribution is -2.29. The summed E-state index contributed by atoms with van der Waals surface area (Å²) in [7, 11) is 0. The molecule has 1 heterocycles. The van der Waals surface area contributed by atoms with Crippen LogP contribution in [0.2, 0.25) is 4.34 Å². The summed E-state index contributed by atoms with van der Waals surface area (Å²) in [4.78, 5) is 11.6. The standard InChI is InChI=1S/C10H15ClN2OS/c1-10(2,6-12)5-8(14)13-9-4-3-7(11)15-9/h3-4H,5-6,12H2,1-2H3,(H,13,14). The van der Waals surface area contributed by atoms with Gasteiger partial charge in [-0.3, -0.25) is 4.79 Å². The van der Waals surface area contributed by atoms with Crippen LogP contribution in [-0.2, 0) is 4.79 Å². The Morgan fingerprint density at radius 1 is 1.60 bits per heavy atom. The van der Waals surface area contributed by atoms with Crippen LogP contribution in [0, 0.1) is 5.41 Å². The second-order valence-corrected chi connectivity index (χ2v) is 5.91. The Balaban J connectivity index is 2.50. The molecule has 0 spiro atoms. The first kappa shape index (κ1) is 12.5. The van der Waals surface area contributed by atoms with Gasteiger partial charge < -0.3 is 11.1 Å². The summed E-state index contributed by atoms with van der Waals surface area (Å²) in [5.74, 6) is -0.0241. The molecule has 0 unspecified atom stereocenters. The van der Waals surface area contributed by atoms with Crippen LogP contribution in [0.25, 0.3) is 0 Å². The van der Waals surface area contributed by atoms with Gasteiger partial charge in [0.15, 0.2) is 0 Å². The Labute approximate surface area is 98.6 Å². The molecule has 0 aliphatic rings. The third-order valence-corrected chi connectivity index (χ3v) is 3.17. The zero-order valence-electron chi connectivity index (χ0n) is 8.84. The lowest BCUT2D eigenvalue weighted by atomic mass is 9.89. The van der Waals surface area contributed by atoms with Crippen molar-refractivity contribution in [3.63, 3.8) is 0 Å². The zero-order chi connectivity index (χ0) is 11.5. The number of thiophene rings is 1. The summed E-state index contributed by atoms with van der Waals surface area (Å²) in [6.07, 6.45) is 0.416. The summed E-state index contributed by atoms with van der Waals surface area (Å²) >= 11 is 7.10. The summed E-state index contributed by atoms with van der Waals surface area (Å²) in [6.45, 7) is 4.42. The Morgan fingerprint density at radius 3 is 2.73 bits per heavy atom. The van der Waals surface area contributed by atoms with E-state index in [-0.39, 0.29) is 11.3 Å². The molecule has 1 aromatic rings. The van der Waals surface area contributed by atoms with E-state index >= 15 is 0 Å². The third-order valence-electron chi connectivity index (χ3n) is 2.03. The highest BCUT2D eigenvalue weighted by Gasteiger charge is 2.20. The molecule has 1 rings (SSSR count). The van der Waals surface area contributed by atoms with E-state index < -0.39 is 0 Å². The predicted octanol–water partition coefficient (Wildman–Crippen LogP) is 2.72. The molecule has 1 amide bonds. The van der Waals surface area contributed by atoms with Gasteiger partial charge in [-0.25, -0.2) is 0 Å². The van der Waals surface area contributed by atoms with Gasteiger partial charge in [0.1, 0.15) is 0 Å². The van der Waals surface area contributed by atoms with E-state index in [0.717, 1.165) is 5.00 Å². The highest BCUT2D eigenvalue weighted by Crippen LogP contribution is 2.27. The second-order valence-electron chi connectivity index (χ2n) is 4.20. The lowest BCUT2D eigenvalue weighted by molar-refractivity contribution is -0.117.